The molecule has 356 valence electrons. The van der Waals surface area contributed by atoms with Crippen molar-refractivity contribution < 1.29 is 41.7 Å². The molecule has 4 aromatic rings. The zero-order valence-corrected chi connectivity index (χ0v) is 41.2. The molecular weight excluding hydrogens is 866 g/mol. The molecule has 6 heterocycles. The highest BCUT2D eigenvalue weighted by Crippen LogP contribution is 2.45. The zero-order chi connectivity index (χ0) is 47.3. The van der Waals surface area contributed by atoms with Gasteiger partial charge >= 0.3 is 12.1 Å². The number of carbonyl (C=O) groups excluding carboxylic acids is 1. The minimum Gasteiger partial charge on any atom is -0.468 e. The number of methoxy groups -OCH3 is 1. The van der Waals surface area contributed by atoms with Crippen molar-refractivity contribution >= 4 is 41.7 Å². The van der Waals surface area contributed by atoms with E-state index in [4.69, 9.17) is 38.6 Å². The van der Waals surface area contributed by atoms with Crippen LogP contribution in [0.1, 0.15) is 87.1 Å². The Kier molecular flexibility index (Phi) is 13.3. The molecule has 8 rings (SSSR count). The molecule has 0 bridgehead atoms. The quantitative estimate of drug-likeness (QED) is 0.0815. The van der Waals surface area contributed by atoms with Crippen LogP contribution in [0.25, 0.3) is 32.9 Å². The van der Waals surface area contributed by atoms with Crippen LogP contribution in [-0.2, 0) is 14.2 Å². The van der Waals surface area contributed by atoms with Crippen molar-refractivity contribution in [1.82, 2.24) is 24.8 Å². The van der Waals surface area contributed by atoms with Crippen LogP contribution in [0.15, 0.2) is 30.5 Å². The monoisotopic (exact) mass is 930 g/mol. The fraction of sp³-hybridized carbons (Fsp3) is 0.600. The van der Waals surface area contributed by atoms with Crippen molar-refractivity contribution in [2.45, 2.75) is 116 Å². The smallest absolute Gasteiger partial charge is 0.410 e. The van der Waals surface area contributed by atoms with Gasteiger partial charge in [-0.2, -0.15) is 9.97 Å². The van der Waals surface area contributed by atoms with Crippen LogP contribution < -0.4 is 14.4 Å². The molecule has 0 unspecified atom stereocenters. The molecule has 2 aromatic heterocycles. The number of aromatic nitrogens is 3. The largest absolute Gasteiger partial charge is 0.468 e. The first-order chi connectivity index (χ1) is 31.3. The molecule has 1 amide bonds. The first-order valence-electron chi connectivity index (χ1n) is 23.4. The van der Waals surface area contributed by atoms with Gasteiger partial charge in [0, 0.05) is 68.8 Å². The summed E-state index contributed by atoms with van der Waals surface area (Å²) in [6, 6.07) is 6.38. The SMILES string of the molecule is COCOc1cc(-c2ncc3c(N4CCOCC5(CN(C(=O)OC(C)(C)C)C5)C4)nc(OC[C@@]45CCCN4C[C@H](F)C5)nc3c2F)c2c(C#C[Si](C(C)C)(C(C)C)C(C)C)c(F)ccc2c1. The minimum absolute atomic E-state index is 0.0509. The standard InChI is InChI=1S/C50H65F3N6O6Si/c1-31(2)66(32(3)4,33(5)6)19-14-37-40(52)13-12-34-20-36(64-30-61-10)21-38(41(34)37)43-42(53)44-39(23-54-43)45(56-46(55-44)63-29-50-15-11-16-59(50)24-35(51)22-50)57-17-18-62-28-49(25-57)26-58(27-49)47(60)65-48(7,8)9/h12-13,20-21,23,31-33,35H,11,15-18,22,24-30H2,1-10H3/t35-,50+/m1/s1. The Hall–Kier alpha value is -4.69. The number of rotatable bonds is 11. The molecular formula is C50H65F3N6O6Si. The van der Waals surface area contributed by atoms with Gasteiger partial charge in [-0.3, -0.25) is 9.88 Å². The van der Waals surface area contributed by atoms with Gasteiger partial charge in [0.2, 0.25) is 0 Å². The van der Waals surface area contributed by atoms with Gasteiger partial charge < -0.3 is 33.5 Å². The van der Waals surface area contributed by atoms with Crippen molar-refractivity contribution in [3.8, 4) is 34.5 Å². The maximum Gasteiger partial charge on any atom is 0.410 e. The second-order valence-electron chi connectivity index (χ2n) is 20.9. The third-order valence-electron chi connectivity index (χ3n) is 14.2. The lowest BCUT2D eigenvalue weighted by Gasteiger charge is -2.50. The van der Waals surface area contributed by atoms with E-state index in [1.54, 1.807) is 29.3 Å². The number of likely N-dealkylation sites (tertiary alicyclic amines) is 1. The first-order valence-corrected chi connectivity index (χ1v) is 25.6. The van der Waals surface area contributed by atoms with Crippen LogP contribution in [-0.4, -0.2) is 129 Å². The van der Waals surface area contributed by atoms with Crippen LogP contribution >= 0.6 is 0 Å². The van der Waals surface area contributed by atoms with E-state index >= 15 is 8.78 Å². The number of amides is 1. The Bertz CT molecular complexity index is 2520. The summed E-state index contributed by atoms with van der Waals surface area (Å²) in [5.74, 6) is 2.80. The van der Waals surface area contributed by atoms with Crippen LogP contribution in [0.4, 0.5) is 23.8 Å². The summed E-state index contributed by atoms with van der Waals surface area (Å²) in [4.78, 5) is 33.4. The van der Waals surface area contributed by atoms with Crippen LogP contribution in [0.5, 0.6) is 11.8 Å². The average molecular weight is 931 g/mol. The van der Waals surface area contributed by atoms with E-state index in [0.717, 1.165) is 19.4 Å². The Labute approximate surface area is 387 Å². The lowest BCUT2D eigenvalue weighted by atomic mass is 9.80. The van der Waals surface area contributed by atoms with Gasteiger partial charge in [-0.15, -0.1) is 5.54 Å². The first kappa shape index (κ1) is 47.8. The third-order valence-corrected chi connectivity index (χ3v) is 20.5. The van der Waals surface area contributed by atoms with Crippen LogP contribution in [0.3, 0.4) is 0 Å². The molecule has 0 N–H and O–H groups in total. The minimum atomic E-state index is -2.34. The maximum atomic E-state index is 18.0. The molecule has 4 aliphatic rings. The number of alkyl halides is 1. The van der Waals surface area contributed by atoms with E-state index in [-0.39, 0.29) is 41.7 Å². The molecule has 4 saturated heterocycles. The number of benzene rings is 2. The summed E-state index contributed by atoms with van der Waals surface area (Å²) < 4.78 is 78.7. The molecule has 4 fully saturated rings. The van der Waals surface area contributed by atoms with E-state index in [2.05, 4.69) is 57.9 Å². The van der Waals surface area contributed by atoms with E-state index in [0.29, 0.717) is 96.7 Å². The molecule has 1 spiro atoms. The van der Waals surface area contributed by atoms with Crippen molar-refractivity contribution in [2.24, 2.45) is 5.41 Å². The Balaban J connectivity index is 1.28. The van der Waals surface area contributed by atoms with E-state index in [9.17, 15) is 9.18 Å². The average Bonchev–Trinajstić information content (AvgIpc) is 3.66. The van der Waals surface area contributed by atoms with Gasteiger partial charge in [0.25, 0.3) is 0 Å². The number of hydrogen-bond donors (Lipinski definition) is 0. The summed E-state index contributed by atoms with van der Waals surface area (Å²) >= 11 is 0. The third kappa shape index (κ3) is 9.04. The lowest BCUT2D eigenvalue weighted by Crippen LogP contribution is -2.64. The van der Waals surface area contributed by atoms with Gasteiger partial charge in [0.15, 0.2) is 12.6 Å². The molecule has 4 aliphatic heterocycles. The molecule has 12 nitrogen and oxygen atoms in total. The zero-order valence-electron chi connectivity index (χ0n) is 40.2. The predicted octanol–water partition coefficient (Wildman–Crippen LogP) is 9.70. The fourth-order valence-corrected chi connectivity index (χ4v) is 16.5. The van der Waals surface area contributed by atoms with Gasteiger partial charge in [0.05, 0.1) is 29.7 Å². The van der Waals surface area contributed by atoms with Gasteiger partial charge in [-0.1, -0.05) is 53.5 Å². The van der Waals surface area contributed by atoms with Crippen molar-refractivity contribution in [2.75, 3.05) is 77.9 Å². The van der Waals surface area contributed by atoms with E-state index in [1.807, 2.05) is 25.7 Å². The molecule has 16 heteroatoms. The van der Waals surface area contributed by atoms with Crippen LogP contribution in [0, 0.1) is 28.5 Å². The van der Waals surface area contributed by atoms with Gasteiger partial charge in [0.1, 0.15) is 55.0 Å². The number of ether oxygens (including phenoxy) is 5. The van der Waals surface area contributed by atoms with Crippen molar-refractivity contribution in [3.05, 3.63) is 47.7 Å². The number of hydrogen-bond acceptors (Lipinski definition) is 11. The maximum absolute atomic E-state index is 18.0. The second kappa shape index (κ2) is 18.4. The Morgan fingerprint density at radius 3 is 2.45 bits per heavy atom. The molecule has 2 aromatic carbocycles. The molecule has 0 saturated carbocycles. The Morgan fingerprint density at radius 2 is 1.76 bits per heavy atom. The summed E-state index contributed by atoms with van der Waals surface area (Å²) in [7, 11) is -0.830. The lowest BCUT2D eigenvalue weighted by molar-refractivity contribution is -0.0595. The van der Waals surface area contributed by atoms with E-state index in [1.165, 1.54) is 13.2 Å². The highest BCUT2D eigenvalue weighted by molar-refractivity contribution is 6.90. The number of halogens is 3. The second-order valence-corrected chi connectivity index (χ2v) is 26.5. The van der Waals surface area contributed by atoms with Crippen LogP contribution in [0.2, 0.25) is 16.6 Å². The summed E-state index contributed by atoms with van der Waals surface area (Å²) in [6.07, 6.45) is 2.20. The number of anilines is 1. The molecule has 0 aliphatic carbocycles. The molecule has 0 radical (unpaired) electrons. The Morgan fingerprint density at radius 1 is 1.02 bits per heavy atom. The number of fused-ring (bicyclic) bond motifs is 3. The predicted molar refractivity (Wildman–Crippen MR) is 252 cm³/mol. The summed E-state index contributed by atoms with van der Waals surface area (Å²) in [5.41, 5.74) is 3.25. The van der Waals surface area contributed by atoms with Crippen molar-refractivity contribution in [3.63, 3.8) is 0 Å². The number of carbonyl (C=O) groups is 1. The fourth-order valence-electron chi connectivity index (χ4n) is 11.3. The highest BCUT2D eigenvalue weighted by atomic mass is 28.3. The van der Waals surface area contributed by atoms with Gasteiger partial charge in [-0.25, -0.2) is 18.0 Å². The number of nitrogens with zero attached hydrogens (tertiary/aromatic N) is 6. The number of pyridine rings is 1. The van der Waals surface area contributed by atoms with E-state index < -0.39 is 48.5 Å². The summed E-state index contributed by atoms with van der Waals surface area (Å²) in [5, 5.41) is 1.32. The molecule has 2 atom stereocenters. The van der Waals surface area contributed by atoms with Gasteiger partial charge in [-0.05, 0) is 80.4 Å². The van der Waals surface area contributed by atoms with Crippen molar-refractivity contribution in [1.29, 1.82) is 0 Å². The normalized spacial score (nSPS) is 21.1. The summed E-state index contributed by atoms with van der Waals surface area (Å²) in [6.45, 7) is 22.3. The molecule has 66 heavy (non-hydrogen) atoms. The highest BCUT2D eigenvalue weighted by Gasteiger charge is 2.51. The topological polar surface area (TPSA) is 112 Å².